The Kier molecular flexibility index (Phi) is 5.53. The second-order valence-electron chi connectivity index (χ2n) is 9.17. The molecule has 2 aromatic carbocycles. The number of aromatic nitrogens is 1. The number of hydrogen-bond acceptors (Lipinski definition) is 1. The Morgan fingerprint density at radius 1 is 0.786 bits per heavy atom. The maximum absolute atomic E-state index is 4.82. The summed E-state index contributed by atoms with van der Waals surface area (Å²) >= 11 is 0. The minimum atomic E-state index is 0.519. The van der Waals surface area contributed by atoms with E-state index in [0.717, 1.165) is 11.6 Å². The zero-order valence-electron chi connectivity index (χ0n) is 17.8. The molecule has 4 rings (SSSR count). The van der Waals surface area contributed by atoms with Gasteiger partial charge in [-0.05, 0) is 70.9 Å². The molecule has 146 valence electrons. The van der Waals surface area contributed by atoms with Crippen molar-refractivity contribution in [3.05, 3.63) is 65.4 Å². The Balaban J connectivity index is 1.80. The fraction of sp³-hybridized carbons (Fsp3) is 0.444. The van der Waals surface area contributed by atoms with Gasteiger partial charge < -0.3 is 0 Å². The first-order valence-corrected chi connectivity index (χ1v) is 11.1. The van der Waals surface area contributed by atoms with Crippen LogP contribution in [0.25, 0.3) is 22.0 Å². The van der Waals surface area contributed by atoms with Crippen LogP contribution < -0.4 is 0 Å². The largest absolute Gasteiger partial charge is 0.256 e. The van der Waals surface area contributed by atoms with Crippen molar-refractivity contribution in [3.8, 4) is 11.3 Å². The molecule has 0 unspecified atom stereocenters. The van der Waals surface area contributed by atoms with Crippen LogP contribution in [0.3, 0.4) is 0 Å². The average Bonchev–Trinajstić information content (AvgIpc) is 2.73. The zero-order valence-corrected chi connectivity index (χ0v) is 17.8. The Morgan fingerprint density at radius 2 is 1.46 bits per heavy atom. The van der Waals surface area contributed by atoms with Gasteiger partial charge in [-0.3, -0.25) is 4.98 Å². The first kappa shape index (κ1) is 19.2. The SMILES string of the molecule is CC(C)c1cc(-c2nccc3cc(C4CCCCC4)ccc23)cc(C(C)C)c1. The first-order chi connectivity index (χ1) is 13.5. The molecule has 1 aliphatic carbocycles. The standard InChI is InChI=1S/C27H33N/c1-18(2)23-15-24(19(3)4)17-25(16-23)27-26-11-10-21(14-22(26)12-13-28-27)20-8-6-5-7-9-20/h10-20H,5-9H2,1-4H3. The molecule has 0 bridgehead atoms. The van der Waals surface area contributed by atoms with Crippen LogP contribution in [0.5, 0.6) is 0 Å². The quantitative estimate of drug-likeness (QED) is 0.450. The fourth-order valence-electron chi connectivity index (χ4n) is 4.60. The molecule has 0 saturated heterocycles. The van der Waals surface area contributed by atoms with E-state index in [2.05, 4.69) is 70.2 Å². The lowest BCUT2D eigenvalue weighted by Gasteiger charge is -2.22. The van der Waals surface area contributed by atoms with Gasteiger partial charge in [0.25, 0.3) is 0 Å². The molecule has 1 nitrogen and oxygen atoms in total. The average molecular weight is 372 g/mol. The van der Waals surface area contributed by atoms with Gasteiger partial charge in [-0.15, -0.1) is 0 Å². The molecular weight excluding hydrogens is 338 g/mol. The van der Waals surface area contributed by atoms with Crippen molar-refractivity contribution < 1.29 is 0 Å². The number of rotatable bonds is 4. The lowest BCUT2D eigenvalue weighted by molar-refractivity contribution is 0.444. The third-order valence-electron chi connectivity index (χ3n) is 6.45. The number of fused-ring (bicyclic) bond motifs is 1. The maximum Gasteiger partial charge on any atom is 0.0780 e. The summed E-state index contributed by atoms with van der Waals surface area (Å²) in [7, 11) is 0. The highest BCUT2D eigenvalue weighted by molar-refractivity contribution is 5.95. The van der Waals surface area contributed by atoms with E-state index in [0.29, 0.717) is 11.8 Å². The monoisotopic (exact) mass is 371 g/mol. The predicted molar refractivity (Wildman–Crippen MR) is 121 cm³/mol. The summed E-state index contributed by atoms with van der Waals surface area (Å²) in [5.74, 6) is 1.78. The summed E-state index contributed by atoms with van der Waals surface area (Å²) in [4.78, 5) is 4.82. The Morgan fingerprint density at radius 3 is 2.11 bits per heavy atom. The van der Waals surface area contributed by atoms with Crippen LogP contribution in [0, 0.1) is 0 Å². The number of pyridine rings is 1. The van der Waals surface area contributed by atoms with Crippen molar-refractivity contribution in [2.75, 3.05) is 0 Å². The van der Waals surface area contributed by atoms with Gasteiger partial charge in [0.1, 0.15) is 0 Å². The number of benzene rings is 2. The Labute approximate surface area is 170 Å². The second kappa shape index (κ2) is 8.07. The molecule has 0 spiro atoms. The van der Waals surface area contributed by atoms with Gasteiger partial charge in [-0.25, -0.2) is 0 Å². The minimum absolute atomic E-state index is 0.519. The van der Waals surface area contributed by atoms with Gasteiger partial charge in [0.05, 0.1) is 5.69 Å². The third-order valence-corrected chi connectivity index (χ3v) is 6.45. The lowest BCUT2D eigenvalue weighted by Crippen LogP contribution is -2.04. The molecule has 0 atom stereocenters. The molecule has 0 aliphatic heterocycles. The van der Waals surface area contributed by atoms with Crippen LogP contribution in [0.1, 0.15) is 94.2 Å². The van der Waals surface area contributed by atoms with Gasteiger partial charge in [-0.1, -0.05) is 71.2 Å². The van der Waals surface area contributed by atoms with E-state index >= 15 is 0 Å². The van der Waals surface area contributed by atoms with Crippen molar-refractivity contribution in [1.29, 1.82) is 0 Å². The van der Waals surface area contributed by atoms with Crippen LogP contribution in [0.4, 0.5) is 0 Å². The van der Waals surface area contributed by atoms with E-state index in [1.807, 2.05) is 6.20 Å². The molecule has 0 radical (unpaired) electrons. The molecule has 0 amide bonds. The fourth-order valence-corrected chi connectivity index (χ4v) is 4.60. The summed E-state index contributed by atoms with van der Waals surface area (Å²) in [6.07, 6.45) is 8.84. The highest BCUT2D eigenvalue weighted by Gasteiger charge is 2.17. The summed E-state index contributed by atoms with van der Waals surface area (Å²) in [5, 5.41) is 2.60. The summed E-state index contributed by atoms with van der Waals surface area (Å²) in [5.41, 5.74) is 6.70. The minimum Gasteiger partial charge on any atom is -0.256 e. The smallest absolute Gasteiger partial charge is 0.0780 e. The van der Waals surface area contributed by atoms with Crippen LogP contribution in [-0.2, 0) is 0 Å². The van der Waals surface area contributed by atoms with E-state index in [4.69, 9.17) is 4.98 Å². The summed E-state index contributed by atoms with van der Waals surface area (Å²) in [6.45, 7) is 9.10. The normalized spacial score (nSPS) is 15.6. The molecular formula is C27H33N. The highest BCUT2D eigenvalue weighted by Crippen LogP contribution is 2.36. The maximum atomic E-state index is 4.82. The molecule has 0 N–H and O–H groups in total. The molecule has 1 heterocycles. The summed E-state index contributed by atoms with van der Waals surface area (Å²) < 4.78 is 0. The van der Waals surface area contributed by atoms with Gasteiger partial charge in [-0.2, -0.15) is 0 Å². The first-order valence-electron chi connectivity index (χ1n) is 11.1. The number of hydrogen-bond donors (Lipinski definition) is 0. The van der Waals surface area contributed by atoms with E-state index in [1.165, 1.54) is 65.1 Å². The molecule has 3 aromatic rings. The lowest BCUT2D eigenvalue weighted by atomic mass is 9.83. The van der Waals surface area contributed by atoms with E-state index in [-0.39, 0.29) is 0 Å². The zero-order chi connectivity index (χ0) is 19.7. The molecule has 1 aliphatic rings. The van der Waals surface area contributed by atoms with Crippen LogP contribution in [0.2, 0.25) is 0 Å². The highest BCUT2D eigenvalue weighted by atomic mass is 14.7. The van der Waals surface area contributed by atoms with Crippen molar-refractivity contribution in [1.82, 2.24) is 4.98 Å². The molecule has 1 fully saturated rings. The molecule has 1 aromatic heterocycles. The molecule has 1 heteroatoms. The van der Waals surface area contributed by atoms with Gasteiger partial charge in [0, 0.05) is 17.1 Å². The van der Waals surface area contributed by atoms with Crippen molar-refractivity contribution >= 4 is 10.8 Å². The predicted octanol–water partition coefficient (Wildman–Crippen LogP) is 8.20. The summed E-state index contributed by atoms with van der Waals surface area (Å²) in [6, 6.07) is 16.3. The molecule has 28 heavy (non-hydrogen) atoms. The van der Waals surface area contributed by atoms with E-state index in [1.54, 1.807) is 0 Å². The van der Waals surface area contributed by atoms with Crippen LogP contribution >= 0.6 is 0 Å². The Hall–Kier alpha value is -2.15. The van der Waals surface area contributed by atoms with Crippen molar-refractivity contribution in [3.63, 3.8) is 0 Å². The third kappa shape index (κ3) is 3.85. The van der Waals surface area contributed by atoms with E-state index < -0.39 is 0 Å². The van der Waals surface area contributed by atoms with Crippen LogP contribution in [0.15, 0.2) is 48.7 Å². The second-order valence-corrected chi connectivity index (χ2v) is 9.17. The topological polar surface area (TPSA) is 12.9 Å². The van der Waals surface area contributed by atoms with E-state index in [9.17, 15) is 0 Å². The van der Waals surface area contributed by atoms with Gasteiger partial charge >= 0.3 is 0 Å². The van der Waals surface area contributed by atoms with Gasteiger partial charge in [0.2, 0.25) is 0 Å². The van der Waals surface area contributed by atoms with Crippen molar-refractivity contribution in [2.45, 2.75) is 77.6 Å². The van der Waals surface area contributed by atoms with Crippen LogP contribution in [-0.4, -0.2) is 4.98 Å². The molecule has 1 saturated carbocycles. The Bertz CT molecular complexity index is 935. The number of nitrogens with zero attached hydrogens (tertiary/aromatic N) is 1. The van der Waals surface area contributed by atoms with Gasteiger partial charge in [0.15, 0.2) is 0 Å². The van der Waals surface area contributed by atoms with Crippen molar-refractivity contribution in [2.24, 2.45) is 0 Å².